The molecule has 0 spiro atoms. The molecule has 3 aromatic carbocycles. The molecule has 0 heterocycles. The summed E-state index contributed by atoms with van der Waals surface area (Å²) in [4.78, 5) is 0. The van der Waals surface area contributed by atoms with Gasteiger partial charge < -0.3 is 19.9 Å². The summed E-state index contributed by atoms with van der Waals surface area (Å²) in [5.74, 6) is 0.838. The molecule has 0 saturated carbocycles. The number of aliphatic hydroxyl groups is 1. The Balaban J connectivity index is 1.65. The average Bonchev–Trinajstić information content (AvgIpc) is 2.76. The van der Waals surface area contributed by atoms with Crippen LogP contribution < -0.4 is 14.8 Å². The van der Waals surface area contributed by atoms with Crippen LogP contribution in [0.3, 0.4) is 0 Å². The fourth-order valence-electron chi connectivity index (χ4n) is 3.00. The third-order valence-electron chi connectivity index (χ3n) is 4.59. The standard InChI is InChI=1S/C24H25BrFNO3/c1-2-29-23-12-19(14-27-15-22(28)17-8-4-3-5-9-17)20(25)13-24(23)30-16-18-10-6-7-11-21(18)26/h3-13,22,27-28H,2,14-16H2,1H3. The summed E-state index contributed by atoms with van der Waals surface area (Å²) in [6.07, 6.45) is -0.584. The third-order valence-corrected chi connectivity index (χ3v) is 5.33. The lowest BCUT2D eigenvalue weighted by atomic mass is 10.1. The Morgan fingerprint density at radius 1 is 0.967 bits per heavy atom. The first-order valence-electron chi connectivity index (χ1n) is 9.83. The highest BCUT2D eigenvalue weighted by atomic mass is 79.9. The van der Waals surface area contributed by atoms with Gasteiger partial charge in [0.15, 0.2) is 11.5 Å². The van der Waals surface area contributed by atoms with Crippen molar-refractivity contribution in [2.24, 2.45) is 0 Å². The van der Waals surface area contributed by atoms with Crippen molar-refractivity contribution in [3.63, 3.8) is 0 Å². The number of halogens is 2. The number of nitrogens with one attached hydrogen (secondary N) is 1. The Bertz CT molecular complexity index is 952. The second-order valence-corrected chi connectivity index (χ2v) is 7.62. The first-order chi connectivity index (χ1) is 14.6. The van der Waals surface area contributed by atoms with Crippen molar-refractivity contribution >= 4 is 15.9 Å². The van der Waals surface area contributed by atoms with Crippen LogP contribution in [0, 0.1) is 5.82 Å². The Labute approximate surface area is 184 Å². The van der Waals surface area contributed by atoms with Gasteiger partial charge in [-0.15, -0.1) is 0 Å². The second kappa shape index (κ2) is 11.1. The van der Waals surface area contributed by atoms with Gasteiger partial charge in [-0.3, -0.25) is 0 Å². The van der Waals surface area contributed by atoms with Gasteiger partial charge in [0, 0.05) is 23.1 Å². The summed E-state index contributed by atoms with van der Waals surface area (Å²) in [6, 6.07) is 19.8. The highest BCUT2D eigenvalue weighted by molar-refractivity contribution is 9.10. The molecule has 1 unspecified atom stereocenters. The van der Waals surface area contributed by atoms with Crippen molar-refractivity contribution in [1.29, 1.82) is 0 Å². The van der Waals surface area contributed by atoms with Crippen molar-refractivity contribution in [3.8, 4) is 11.5 Å². The van der Waals surface area contributed by atoms with Crippen LogP contribution in [0.4, 0.5) is 4.39 Å². The van der Waals surface area contributed by atoms with Gasteiger partial charge in [0.2, 0.25) is 0 Å². The van der Waals surface area contributed by atoms with Gasteiger partial charge in [-0.2, -0.15) is 0 Å². The van der Waals surface area contributed by atoms with Gasteiger partial charge in [0.05, 0.1) is 12.7 Å². The molecule has 0 amide bonds. The summed E-state index contributed by atoms with van der Waals surface area (Å²) < 4.78 is 26.3. The van der Waals surface area contributed by atoms with Crippen molar-refractivity contribution in [3.05, 3.63) is 93.7 Å². The predicted octanol–water partition coefficient (Wildman–Crippen LogP) is 5.39. The van der Waals surface area contributed by atoms with Crippen molar-refractivity contribution in [1.82, 2.24) is 5.32 Å². The molecule has 0 aliphatic heterocycles. The topological polar surface area (TPSA) is 50.7 Å². The Morgan fingerprint density at radius 3 is 2.40 bits per heavy atom. The van der Waals surface area contributed by atoms with Gasteiger partial charge in [-0.25, -0.2) is 4.39 Å². The molecule has 6 heteroatoms. The fourth-order valence-corrected chi connectivity index (χ4v) is 3.46. The van der Waals surface area contributed by atoms with E-state index in [0.29, 0.717) is 36.8 Å². The lowest BCUT2D eigenvalue weighted by molar-refractivity contribution is 0.174. The molecule has 3 aromatic rings. The molecule has 2 N–H and O–H groups in total. The van der Waals surface area contributed by atoms with Crippen LogP contribution in [0.1, 0.15) is 29.7 Å². The highest BCUT2D eigenvalue weighted by Crippen LogP contribution is 2.34. The summed E-state index contributed by atoms with van der Waals surface area (Å²) in [7, 11) is 0. The molecule has 0 aliphatic carbocycles. The molecular weight excluding hydrogens is 449 g/mol. The zero-order valence-corrected chi connectivity index (χ0v) is 18.4. The first-order valence-corrected chi connectivity index (χ1v) is 10.6. The predicted molar refractivity (Wildman–Crippen MR) is 119 cm³/mol. The Hall–Kier alpha value is -2.41. The van der Waals surface area contributed by atoms with Gasteiger partial charge in [0.1, 0.15) is 12.4 Å². The summed E-state index contributed by atoms with van der Waals surface area (Å²) >= 11 is 3.57. The maximum absolute atomic E-state index is 13.9. The molecule has 3 rings (SSSR count). The van der Waals surface area contributed by atoms with E-state index in [2.05, 4.69) is 21.2 Å². The molecule has 1 atom stereocenters. The molecule has 0 saturated heterocycles. The number of hydrogen-bond acceptors (Lipinski definition) is 4. The van der Waals surface area contributed by atoms with Crippen LogP contribution in [0.15, 0.2) is 71.2 Å². The normalized spacial score (nSPS) is 11.9. The summed E-state index contributed by atoms with van der Waals surface area (Å²) in [5.41, 5.74) is 2.32. The minimum Gasteiger partial charge on any atom is -0.490 e. The molecular formula is C24H25BrFNO3. The van der Waals surface area contributed by atoms with Gasteiger partial charge in [0.25, 0.3) is 0 Å². The molecule has 0 fully saturated rings. The van der Waals surface area contributed by atoms with Crippen LogP contribution >= 0.6 is 15.9 Å². The van der Waals surface area contributed by atoms with Crippen molar-refractivity contribution in [2.45, 2.75) is 26.2 Å². The number of benzene rings is 3. The van der Waals surface area contributed by atoms with Crippen LogP contribution in [-0.2, 0) is 13.2 Å². The Kier molecular flexibility index (Phi) is 8.25. The van der Waals surface area contributed by atoms with E-state index in [1.54, 1.807) is 18.2 Å². The van der Waals surface area contributed by atoms with Crippen LogP contribution in [0.25, 0.3) is 0 Å². The summed E-state index contributed by atoms with van der Waals surface area (Å²) in [6.45, 7) is 3.46. The van der Waals surface area contributed by atoms with Gasteiger partial charge >= 0.3 is 0 Å². The monoisotopic (exact) mass is 473 g/mol. The molecule has 4 nitrogen and oxygen atoms in total. The number of aliphatic hydroxyl groups excluding tert-OH is 1. The molecule has 0 bridgehead atoms. The van der Waals surface area contributed by atoms with E-state index in [4.69, 9.17) is 9.47 Å². The minimum absolute atomic E-state index is 0.111. The maximum Gasteiger partial charge on any atom is 0.162 e. The second-order valence-electron chi connectivity index (χ2n) is 6.76. The molecule has 158 valence electrons. The minimum atomic E-state index is -0.584. The zero-order chi connectivity index (χ0) is 21.3. The average molecular weight is 474 g/mol. The smallest absolute Gasteiger partial charge is 0.162 e. The lowest BCUT2D eigenvalue weighted by Crippen LogP contribution is -2.21. The third kappa shape index (κ3) is 6.05. The van der Waals surface area contributed by atoms with E-state index in [-0.39, 0.29) is 12.4 Å². The fraction of sp³-hybridized carbons (Fsp3) is 0.250. The Morgan fingerprint density at radius 2 is 1.67 bits per heavy atom. The summed E-state index contributed by atoms with van der Waals surface area (Å²) in [5, 5.41) is 13.6. The number of hydrogen-bond donors (Lipinski definition) is 2. The van der Waals surface area contributed by atoms with E-state index in [9.17, 15) is 9.50 Å². The highest BCUT2D eigenvalue weighted by Gasteiger charge is 2.13. The number of rotatable bonds is 10. The van der Waals surface area contributed by atoms with Gasteiger partial charge in [-0.1, -0.05) is 64.5 Å². The quantitative estimate of drug-likeness (QED) is 0.414. The van der Waals surface area contributed by atoms with E-state index in [0.717, 1.165) is 15.6 Å². The van der Waals surface area contributed by atoms with Crippen LogP contribution in [0.5, 0.6) is 11.5 Å². The van der Waals surface area contributed by atoms with E-state index >= 15 is 0 Å². The lowest BCUT2D eigenvalue weighted by Gasteiger charge is -2.17. The first kappa shape index (κ1) is 22.3. The van der Waals surface area contributed by atoms with Crippen molar-refractivity contribution < 1.29 is 19.0 Å². The SMILES string of the molecule is CCOc1cc(CNCC(O)c2ccccc2)c(Br)cc1OCc1ccccc1F. The maximum atomic E-state index is 13.9. The molecule has 0 radical (unpaired) electrons. The van der Waals surface area contributed by atoms with E-state index in [1.807, 2.05) is 49.4 Å². The molecule has 0 aromatic heterocycles. The van der Waals surface area contributed by atoms with E-state index < -0.39 is 6.10 Å². The number of ether oxygens (including phenoxy) is 2. The van der Waals surface area contributed by atoms with Crippen molar-refractivity contribution in [2.75, 3.05) is 13.2 Å². The van der Waals surface area contributed by atoms with Crippen LogP contribution in [-0.4, -0.2) is 18.3 Å². The van der Waals surface area contributed by atoms with E-state index in [1.165, 1.54) is 6.07 Å². The molecule has 30 heavy (non-hydrogen) atoms. The largest absolute Gasteiger partial charge is 0.490 e. The molecule has 0 aliphatic rings. The van der Waals surface area contributed by atoms with Crippen LogP contribution in [0.2, 0.25) is 0 Å². The zero-order valence-electron chi connectivity index (χ0n) is 16.8. The van der Waals surface area contributed by atoms with Gasteiger partial charge in [-0.05, 0) is 36.2 Å².